The predicted molar refractivity (Wildman–Crippen MR) is 110 cm³/mol. The monoisotopic (exact) mass is 397 g/mol. The van der Waals surface area contributed by atoms with Crippen LogP contribution < -0.4 is 9.88 Å². The Bertz CT molecular complexity index is 1150. The Kier molecular flexibility index (Phi) is 4.85. The summed E-state index contributed by atoms with van der Waals surface area (Å²) in [7, 11) is -3.68. The highest BCUT2D eigenvalue weighted by molar-refractivity contribution is 7.91. The quantitative estimate of drug-likeness (QED) is 0.681. The summed E-state index contributed by atoms with van der Waals surface area (Å²) in [6, 6.07) is 11.4. The topological polar surface area (TPSA) is 60.8 Å². The van der Waals surface area contributed by atoms with E-state index in [9.17, 15) is 8.42 Å². The zero-order valence-electron chi connectivity index (χ0n) is 16.5. The number of benzene rings is 2. The number of anilines is 1. The fraction of sp³-hybridized carbons (Fsp3) is 0.318. The van der Waals surface area contributed by atoms with Crippen molar-refractivity contribution in [2.45, 2.75) is 30.6 Å². The molecule has 3 aromatic rings. The summed E-state index contributed by atoms with van der Waals surface area (Å²) in [5.74, 6) is 0. The maximum absolute atomic E-state index is 13.6. The van der Waals surface area contributed by atoms with Crippen LogP contribution in [0.5, 0.6) is 0 Å². The molecule has 1 fully saturated rings. The van der Waals surface area contributed by atoms with E-state index < -0.39 is 9.84 Å². The second-order valence-electron chi connectivity index (χ2n) is 7.40. The van der Waals surface area contributed by atoms with Crippen molar-refractivity contribution in [1.82, 2.24) is 0 Å². The van der Waals surface area contributed by atoms with Gasteiger partial charge in [-0.1, -0.05) is 12.1 Å². The number of aryl methyl sites for hydroxylation is 3. The van der Waals surface area contributed by atoms with Crippen LogP contribution in [0.4, 0.5) is 5.69 Å². The van der Waals surface area contributed by atoms with Crippen LogP contribution in [0.2, 0.25) is 0 Å². The highest BCUT2D eigenvalue weighted by atomic mass is 32.2. The van der Waals surface area contributed by atoms with Crippen molar-refractivity contribution in [2.24, 2.45) is 0 Å². The molecule has 2 heterocycles. The molecule has 0 amide bonds. The zero-order chi connectivity index (χ0) is 19.9. The SMILES string of the molecule is Cc1ccc2[nH+]cc(S(=O)(=O)c3ccc(C)c(C)c3)c(N3CCOCC3)c2c1. The Hall–Kier alpha value is -2.44. The lowest BCUT2D eigenvalue weighted by Gasteiger charge is -2.30. The van der Waals surface area contributed by atoms with Gasteiger partial charge in [-0.15, -0.1) is 0 Å². The molecule has 146 valence electrons. The molecule has 0 radical (unpaired) electrons. The van der Waals surface area contributed by atoms with Gasteiger partial charge in [0.2, 0.25) is 15.4 Å². The summed E-state index contributed by atoms with van der Waals surface area (Å²) >= 11 is 0. The maximum atomic E-state index is 13.6. The molecule has 5 nitrogen and oxygen atoms in total. The molecule has 1 N–H and O–H groups in total. The summed E-state index contributed by atoms with van der Waals surface area (Å²) in [5, 5.41) is 0.923. The Morgan fingerprint density at radius 2 is 1.71 bits per heavy atom. The minimum absolute atomic E-state index is 0.316. The molecule has 0 unspecified atom stereocenters. The number of hydrogen-bond donors (Lipinski definition) is 0. The van der Waals surface area contributed by atoms with Crippen LogP contribution in [-0.2, 0) is 14.6 Å². The van der Waals surface area contributed by atoms with Gasteiger partial charge in [-0.2, -0.15) is 0 Å². The summed E-state index contributed by atoms with van der Waals surface area (Å²) < 4.78 is 32.7. The summed E-state index contributed by atoms with van der Waals surface area (Å²) in [5.41, 5.74) is 4.82. The van der Waals surface area contributed by atoms with E-state index in [-0.39, 0.29) is 0 Å². The summed E-state index contributed by atoms with van der Waals surface area (Å²) in [6.45, 7) is 8.47. The molecule has 0 bridgehead atoms. The zero-order valence-corrected chi connectivity index (χ0v) is 17.3. The number of aromatic nitrogens is 1. The van der Waals surface area contributed by atoms with Gasteiger partial charge in [0.05, 0.1) is 29.2 Å². The summed E-state index contributed by atoms with van der Waals surface area (Å²) in [6.07, 6.45) is 1.63. The van der Waals surface area contributed by atoms with Crippen LogP contribution in [0.3, 0.4) is 0 Å². The largest absolute Gasteiger partial charge is 0.378 e. The third kappa shape index (κ3) is 3.27. The van der Waals surface area contributed by atoms with E-state index in [1.54, 1.807) is 18.3 Å². The van der Waals surface area contributed by atoms with Gasteiger partial charge in [-0.25, -0.2) is 13.4 Å². The van der Waals surface area contributed by atoms with Gasteiger partial charge in [-0.3, -0.25) is 0 Å². The van der Waals surface area contributed by atoms with E-state index in [1.165, 1.54) is 0 Å². The number of aromatic amines is 1. The molecule has 6 heteroatoms. The molecule has 4 rings (SSSR count). The van der Waals surface area contributed by atoms with Crippen molar-refractivity contribution in [3.8, 4) is 0 Å². The molecule has 1 aliphatic heterocycles. The molecule has 28 heavy (non-hydrogen) atoms. The average Bonchev–Trinajstić information content (AvgIpc) is 2.69. The number of H-pyrrole nitrogens is 1. The average molecular weight is 398 g/mol. The van der Waals surface area contributed by atoms with Crippen molar-refractivity contribution >= 4 is 26.4 Å². The number of rotatable bonds is 3. The van der Waals surface area contributed by atoms with E-state index in [0.29, 0.717) is 36.1 Å². The van der Waals surface area contributed by atoms with E-state index in [0.717, 1.165) is 33.3 Å². The third-order valence-electron chi connectivity index (χ3n) is 5.43. The highest BCUT2D eigenvalue weighted by Crippen LogP contribution is 2.35. The lowest BCUT2D eigenvalue weighted by atomic mass is 10.1. The molecular weight excluding hydrogens is 372 g/mol. The van der Waals surface area contributed by atoms with Gasteiger partial charge >= 0.3 is 0 Å². The molecule has 0 aliphatic carbocycles. The van der Waals surface area contributed by atoms with E-state index in [4.69, 9.17) is 4.74 Å². The fourth-order valence-corrected chi connectivity index (χ4v) is 5.19. The lowest BCUT2D eigenvalue weighted by molar-refractivity contribution is -0.347. The first-order valence-electron chi connectivity index (χ1n) is 9.48. The second-order valence-corrected chi connectivity index (χ2v) is 9.32. The van der Waals surface area contributed by atoms with Crippen molar-refractivity contribution in [1.29, 1.82) is 0 Å². The number of fused-ring (bicyclic) bond motifs is 1. The number of hydrogen-bond acceptors (Lipinski definition) is 4. The van der Waals surface area contributed by atoms with Crippen LogP contribution in [0.25, 0.3) is 10.9 Å². The number of nitrogens with one attached hydrogen (secondary N) is 1. The van der Waals surface area contributed by atoms with Crippen molar-refractivity contribution in [3.63, 3.8) is 0 Å². The van der Waals surface area contributed by atoms with Crippen LogP contribution in [0.1, 0.15) is 16.7 Å². The highest BCUT2D eigenvalue weighted by Gasteiger charge is 2.30. The van der Waals surface area contributed by atoms with Crippen molar-refractivity contribution < 1.29 is 18.1 Å². The molecular formula is C22H25N2O3S+. The minimum Gasteiger partial charge on any atom is -0.378 e. The first-order valence-corrected chi connectivity index (χ1v) is 11.0. The second kappa shape index (κ2) is 7.18. The molecule has 1 aromatic heterocycles. The van der Waals surface area contributed by atoms with Crippen molar-refractivity contribution in [2.75, 3.05) is 31.2 Å². The maximum Gasteiger partial charge on any atom is 0.214 e. The smallest absolute Gasteiger partial charge is 0.214 e. The van der Waals surface area contributed by atoms with Crippen LogP contribution in [0.15, 0.2) is 52.4 Å². The Balaban J connectivity index is 1.98. The normalized spacial score (nSPS) is 15.2. The lowest BCUT2D eigenvalue weighted by Crippen LogP contribution is -2.37. The molecule has 1 saturated heterocycles. The van der Waals surface area contributed by atoms with Gasteiger partial charge in [0.1, 0.15) is 0 Å². The Morgan fingerprint density at radius 3 is 2.43 bits per heavy atom. The van der Waals surface area contributed by atoms with Gasteiger partial charge in [0, 0.05) is 19.2 Å². The Morgan fingerprint density at radius 1 is 0.964 bits per heavy atom. The van der Waals surface area contributed by atoms with Gasteiger partial charge in [0.15, 0.2) is 11.1 Å². The molecule has 1 aliphatic rings. The van der Waals surface area contributed by atoms with Crippen LogP contribution in [0, 0.1) is 20.8 Å². The number of nitrogens with zero attached hydrogens (tertiary/aromatic N) is 1. The number of pyridine rings is 1. The first-order chi connectivity index (χ1) is 13.4. The standard InChI is InChI=1S/C22H24N2O3S/c1-15-4-7-20-19(12-15)22(24-8-10-27-11-9-24)21(14-23-20)28(25,26)18-6-5-16(2)17(3)13-18/h4-7,12-14H,8-11H2,1-3H3/p+1. The fourth-order valence-electron chi connectivity index (χ4n) is 3.65. The van der Waals surface area contributed by atoms with Gasteiger partial charge in [0.25, 0.3) is 0 Å². The Labute approximate surface area is 165 Å². The van der Waals surface area contributed by atoms with Crippen LogP contribution >= 0.6 is 0 Å². The number of sulfone groups is 1. The van der Waals surface area contributed by atoms with E-state index in [2.05, 4.69) is 16.0 Å². The minimum atomic E-state index is -3.68. The van der Waals surface area contributed by atoms with E-state index >= 15 is 0 Å². The molecule has 2 aromatic carbocycles. The predicted octanol–water partition coefficient (Wildman–Crippen LogP) is 3.25. The van der Waals surface area contributed by atoms with E-state index in [1.807, 2.05) is 39.0 Å². The third-order valence-corrected chi connectivity index (χ3v) is 7.19. The molecule has 0 atom stereocenters. The molecule has 0 spiro atoms. The van der Waals surface area contributed by atoms with Gasteiger partial charge in [-0.05, 0) is 55.7 Å². The van der Waals surface area contributed by atoms with Crippen LogP contribution in [-0.4, -0.2) is 34.7 Å². The first kappa shape index (κ1) is 18.9. The number of morpholine rings is 1. The number of ether oxygens (including phenoxy) is 1. The van der Waals surface area contributed by atoms with Gasteiger partial charge < -0.3 is 9.64 Å². The summed E-state index contributed by atoms with van der Waals surface area (Å²) in [4.78, 5) is 5.96. The van der Waals surface area contributed by atoms with Crippen molar-refractivity contribution in [3.05, 3.63) is 59.3 Å². The molecule has 0 saturated carbocycles.